The number of nitrogens with two attached hydrogens (primary N) is 1. The zero-order valence-corrected chi connectivity index (χ0v) is 11.8. The molecule has 3 N–H and O–H groups in total. The summed E-state index contributed by atoms with van der Waals surface area (Å²) < 4.78 is 4.39. The van der Waals surface area contributed by atoms with Crippen LogP contribution in [-0.2, 0) is 5.41 Å². The molecule has 0 aliphatic heterocycles. The van der Waals surface area contributed by atoms with Crippen molar-refractivity contribution in [1.82, 2.24) is 9.36 Å². The highest BCUT2D eigenvalue weighted by Gasteiger charge is 2.21. The van der Waals surface area contributed by atoms with Gasteiger partial charge < -0.3 is 10.6 Å². The van der Waals surface area contributed by atoms with Crippen LogP contribution in [0.2, 0.25) is 0 Å². The first-order valence-electron chi connectivity index (χ1n) is 5.76. The highest BCUT2D eigenvalue weighted by atomic mass is 32.1. The Morgan fingerprint density at radius 3 is 2.53 bits per heavy atom. The average molecular weight is 255 g/mol. The molecule has 1 heterocycles. The Kier molecular flexibility index (Phi) is 4.45. The van der Waals surface area contributed by atoms with E-state index in [1.54, 1.807) is 0 Å². The summed E-state index contributed by atoms with van der Waals surface area (Å²) in [7, 11) is 0. The number of aromatic nitrogens is 2. The van der Waals surface area contributed by atoms with Crippen molar-refractivity contribution in [2.75, 3.05) is 18.0 Å². The molecular weight excluding hydrogens is 234 g/mol. The van der Waals surface area contributed by atoms with Crippen molar-refractivity contribution in [3.05, 3.63) is 5.82 Å². The lowest BCUT2D eigenvalue weighted by molar-refractivity contribution is 0.554. The maximum atomic E-state index is 7.25. The van der Waals surface area contributed by atoms with Crippen LogP contribution >= 0.6 is 11.5 Å². The summed E-state index contributed by atoms with van der Waals surface area (Å²) in [6.07, 6.45) is 0.568. The molecule has 0 bridgehead atoms. The summed E-state index contributed by atoms with van der Waals surface area (Å²) in [5.41, 5.74) is 5.35. The van der Waals surface area contributed by atoms with E-state index in [0.717, 1.165) is 24.0 Å². The molecule has 1 aromatic rings. The molecule has 0 aliphatic carbocycles. The monoisotopic (exact) mass is 255 g/mol. The van der Waals surface area contributed by atoms with Gasteiger partial charge in [0.15, 0.2) is 0 Å². The van der Waals surface area contributed by atoms with Crippen LogP contribution in [0.25, 0.3) is 0 Å². The second kappa shape index (κ2) is 5.44. The van der Waals surface area contributed by atoms with Crippen LogP contribution in [-0.4, -0.2) is 28.3 Å². The Morgan fingerprint density at radius 1 is 1.47 bits per heavy atom. The lowest BCUT2D eigenvalue weighted by Gasteiger charge is -2.19. The van der Waals surface area contributed by atoms with Crippen LogP contribution in [0.3, 0.4) is 0 Å². The molecule has 1 aromatic heterocycles. The Morgan fingerprint density at radius 2 is 2.12 bits per heavy atom. The third-order valence-electron chi connectivity index (χ3n) is 2.39. The van der Waals surface area contributed by atoms with Gasteiger partial charge in [-0.2, -0.15) is 4.37 Å². The van der Waals surface area contributed by atoms with Gasteiger partial charge >= 0.3 is 0 Å². The van der Waals surface area contributed by atoms with Gasteiger partial charge in [0, 0.05) is 36.5 Å². The van der Waals surface area contributed by atoms with Gasteiger partial charge in [-0.1, -0.05) is 20.8 Å². The van der Waals surface area contributed by atoms with Gasteiger partial charge in [0.1, 0.15) is 5.82 Å². The number of hydrogen-bond acceptors (Lipinski definition) is 5. The van der Waals surface area contributed by atoms with Crippen LogP contribution in [0.15, 0.2) is 0 Å². The summed E-state index contributed by atoms with van der Waals surface area (Å²) >= 11 is 1.41. The maximum Gasteiger partial charge on any atom is 0.205 e. The molecule has 5 nitrogen and oxygen atoms in total. The van der Waals surface area contributed by atoms with E-state index < -0.39 is 0 Å². The molecule has 0 aromatic carbocycles. The molecule has 0 radical (unpaired) electrons. The fourth-order valence-corrected chi connectivity index (χ4v) is 2.24. The summed E-state index contributed by atoms with van der Waals surface area (Å²) in [5, 5.41) is 8.16. The minimum atomic E-state index is -0.0191. The molecule has 0 saturated carbocycles. The van der Waals surface area contributed by atoms with Gasteiger partial charge in [-0.25, -0.2) is 4.98 Å². The van der Waals surface area contributed by atoms with E-state index in [0.29, 0.717) is 6.42 Å². The van der Waals surface area contributed by atoms with Gasteiger partial charge in [-0.05, 0) is 6.92 Å². The summed E-state index contributed by atoms with van der Waals surface area (Å²) in [4.78, 5) is 6.66. The first-order valence-corrected chi connectivity index (χ1v) is 6.54. The van der Waals surface area contributed by atoms with E-state index in [4.69, 9.17) is 11.1 Å². The minimum absolute atomic E-state index is 0.0191. The third-order valence-corrected chi connectivity index (χ3v) is 3.17. The normalized spacial score (nSPS) is 11.5. The van der Waals surface area contributed by atoms with Crippen LogP contribution in [0.1, 0.15) is 39.9 Å². The third kappa shape index (κ3) is 3.96. The molecule has 1 rings (SSSR count). The molecule has 0 unspecified atom stereocenters. The summed E-state index contributed by atoms with van der Waals surface area (Å²) in [5.74, 6) is 1.09. The summed E-state index contributed by atoms with van der Waals surface area (Å²) in [6, 6.07) is 0. The van der Waals surface area contributed by atoms with Crippen LogP contribution < -0.4 is 10.6 Å². The Labute approximate surface area is 107 Å². The number of anilines is 1. The zero-order valence-electron chi connectivity index (χ0n) is 10.9. The Bertz CT molecular complexity index is 379. The van der Waals surface area contributed by atoms with Gasteiger partial charge in [-0.15, -0.1) is 0 Å². The first kappa shape index (κ1) is 13.9. The van der Waals surface area contributed by atoms with Crippen molar-refractivity contribution in [2.24, 2.45) is 5.73 Å². The number of amidine groups is 1. The van der Waals surface area contributed by atoms with Gasteiger partial charge in [-0.3, -0.25) is 5.41 Å². The van der Waals surface area contributed by atoms with Gasteiger partial charge in [0.2, 0.25) is 5.13 Å². The van der Waals surface area contributed by atoms with E-state index >= 15 is 0 Å². The molecule has 0 fully saturated rings. The molecule has 6 heteroatoms. The van der Waals surface area contributed by atoms with Crippen molar-refractivity contribution in [3.8, 4) is 0 Å². The van der Waals surface area contributed by atoms with E-state index in [2.05, 4.69) is 42.0 Å². The maximum absolute atomic E-state index is 7.25. The van der Waals surface area contributed by atoms with E-state index in [1.165, 1.54) is 11.5 Å². The first-order chi connectivity index (χ1) is 7.84. The summed E-state index contributed by atoms with van der Waals surface area (Å²) in [6.45, 7) is 9.95. The molecule has 17 heavy (non-hydrogen) atoms. The van der Waals surface area contributed by atoms with E-state index in [-0.39, 0.29) is 11.3 Å². The van der Waals surface area contributed by atoms with Crippen molar-refractivity contribution >= 4 is 22.5 Å². The van der Waals surface area contributed by atoms with Crippen LogP contribution in [0, 0.1) is 5.41 Å². The predicted octanol–water partition coefficient (Wildman–Crippen LogP) is 1.99. The molecule has 96 valence electrons. The van der Waals surface area contributed by atoms with Crippen LogP contribution in [0.5, 0.6) is 0 Å². The zero-order chi connectivity index (χ0) is 13.1. The highest BCUT2D eigenvalue weighted by Crippen LogP contribution is 2.25. The lowest BCUT2D eigenvalue weighted by Crippen LogP contribution is -2.27. The van der Waals surface area contributed by atoms with Gasteiger partial charge in [0.05, 0.1) is 5.84 Å². The molecule has 0 amide bonds. The quantitative estimate of drug-likeness (QED) is 0.623. The second-order valence-corrected chi connectivity index (χ2v) is 5.74. The Hall–Kier alpha value is -1.17. The second-order valence-electron chi connectivity index (χ2n) is 5.01. The number of nitrogens with zero attached hydrogens (tertiary/aromatic N) is 3. The number of rotatable bonds is 5. The van der Waals surface area contributed by atoms with E-state index in [9.17, 15) is 0 Å². The molecule has 0 atom stereocenters. The van der Waals surface area contributed by atoms with Crippen LogP contribution in [0.4, 0.5) is 5.13 Å². The molecule has 0 spiro atoms. The predicted molar refractivity (Wildman–Crippen MR) is 73.0 cm³/mol. The van der Waals surface area contributed by atoms with Gasteiger partial charge in [0.25, 0.3) is 0 Å². The fourth-order valence-electron chi connectivity index (χ4n) is 1.29. The topological polar surface area (TPSA) is 78.9 Å². The largest absolute Gasteiger partial charge is 0.388 e. The average Bonchev–Trinajstić information content (AvgIpc) is 2.67. The highest BCUT2D eigenvalue weighted by molar-refractivity contribution is 7.09. The smallest absolute Gasteiger partial charge is 0.205 e. The van der Waals surface area contributed by atoms with Crippen molar-refractivity contribution < 1.29 is 0 Å². The van der Waals surface area contributed by atoms with Crippen molar-refractivity contribution in [3.63, 3.8) is 0 Å². The number of nitrogens with one attached hydrogen (secondary N) is 1. The Balaban J connectivity index is 2.76. The molecular formula is C11H21N5S. The molecule has 0 saturated heterocycles. The fraction of sp³-hybridized carbons (Fsp3) is 0.727. The standard InChI is InChI=1S/C11H21N5S/c1-5-16(7-6-8(12)13)10-14-9(15-17-10)11(2,3)4/h5-7H2,1-4H3,(H3,12,13). The van der Waals surface area contributed by atoms with Crippen molar-refractivity contribution in [1.29, 1.82) is 5.41 Å². The SMILES string of the molecule is CCN(CCC(=N)N)c1nc(C(C)(C)C)ns1. The van der Waals surface area contributed by atoms with E-state index in [1.807, 2.05) is 0 Å². The minimum Gasteiger partial charge on any atom is -0.388 e. The lowest BCUT2D eigenvalue weighted by atomic mass is 9.96. The van der Waals surface area contributed by atoms with Crippen molar-refractivity contribution in [2.45, 2.75) is 39.5 Å². The number of hydrogen-bond donors (Lipinski definition) is 2. The molecule has 0 aliphatic rings.